The molecule has 1 aliphatic rings. The number of pyridine rings is 1. The largest absolute Gasteiger partial charge is 0.435 e. The molecule has 2 aromatic heterocycles. The summed E-state index contributed by atoms with van der Waals surface area (Å²) in [6.07, 6.45) is 1.53. The molecular weight excluding hydrogens is 414 g/mol. The van der Waals surface area contributed by atoms with E-state index in [4.69, 9.17) is 4.98 Å². The molecule has 0 N–H and O–H groups in total. The molecule has 0 saturated carbocycles. The topological polar surface area (TPSA) is 78.2 Å². The van der Waals surface area contributed by atoms with E-state index in [0.29, 0.717) is 48.3 Å². The van der Waals surface area contributed by atoms with Crippen molar-refractivity contribution in [1.29, 1.82) is 5.26 Å². The first kappa shape index (κ1) is 21.7. The molecule has 0 aliphatic carbocycles. The number of alkyl halides is 2. The molecule has 4 rings (SSSR count). The Morgan fingerprint density at radius 1 is 1.06 bits per heavy atom. The van der Waals surface area contributed by atoms with Crippen LogP contribution in [0.2, 0.25) is 0 Å². The number of piperazine rings is 1. The summed E-state index contributed by atoms with van der Waals surface area (Å²) in [6.45, 7) is 5.89. The molecule has 0 bridgehead atoms. The van der Waals surface area contributed by atoms with E-state index in [1.807, 2.05) is 13.0 Å². The van der Waals surface area contributed by atoms with Crippen LogP contribution in [-0.2, 0) is 0 Å². The summed E-state index contributed by atoms with van der Waals surface area (Å²) in [5.41, 5.74) is 2.65. The molecule has 1 saturated heterocycles. The molecule has 1 aliphatic heterocycles. The second kappa shape index (κ2) is 8.91. The minimum absolute atomic E-state index is 0.0435. The van der Waals surface area contributed by atoms with Crippen molar-refractivity contribution in [2.24, 2.45) is 0 Å². The van der Waals surface area contributed by atoms with Crippen molar-refractivity contribution in [2.45, 2.75) is 33.3 Å². The lowest BCUT2D eigenvalue weighted by Crippen LogP contribution is -2.47. The lowest BCUT2D eigenvalue weighted by molar-refractivity contribution is -0.0497. The van der Waals surface area contributed by atoms with Gasteiger partial charge in [-0.15, -0.1) is 0 Å². The molecule has 7 nitrogen and oxygen atoms in total. The average Bonchev–Trinajstić information content (AvgIpc) is 2.77. The third-order valence-electron chi connectivity index (χ3n) is 5.45. The Balaban J connectivity index is 1.63. The van der Waals surface area contributed by atoms with Gasteiger partial charge in [0.15, 0.2) is 0 Å². The minimum atomic E-state index is -2.92. The van der Waals surface area contributed by atoms with Crippen molar-refractivity contribution in [3.63, 3.8) is 0 Å². The van der Waals surface area contributed by atoms with Crippen LogP contribution in [0.4, 0.5) is 20.3 Å². The summed E-state index contributed by atoms with van der Waals surface area (Å²) in [6, 6.07) is 8.79. The van der Waals surface area contributed by atoms with Crippen molar-refractivity contribution in [2.75, 3.05) is 36.0 Å². The van der Waals surface area contributed by atoms with Crippen molar-refractivity contribution in [3.8, 4) is 11.8 Å². The predicted octanol–water partition coefficient (Wildman–Crippen LogP) is 4.26. The van der Waals surface area contributed by atoms with Gasteiger partial charge >= 0.3 is 6.61 Å². The highest BCUT2D eigenvalue weighted by Crippen LogP contribution is 2.33. The van der Waals surface area contributed by atoms with Gasteiger partial charge in [-0.1, -0.05) is 13.8 Å². The van der Waals surface area contributed by atoms with E-state index in [9.17, 15) is 14.0 Å². The van der Waals surface area contributed by atoms with Gasteiger partial charge in [-0.3, -0.25) is 4.98 Å². The third-order valence-corrected chi connectivity index (χ3v) is 5.45. The van der Waals surface area contributed by atoms with E-state index < -0.39 is 6.61 Å². The van der Waals surface area contributed by atoms with Gasteiger partial charge in [0.25, 0.3) is 0 Å². The number of aromatic nitrogens is 3. The number of hydrogen-bond donors (Lipinski definition) is 0. The van der Waals surface area contributed by atoms with Gasteiger partial charge in [0, 0.05) is 55.4 Å². The summed E-state index contributed by atoms with van der Waals surface area (Å²) in [5, 5.41) is 10.3. The first-order valence-corrected chi connectivity index (χ1v) is 10.5. The van der Waals surface area contributed by atoms with Crippen LogP contribution in [0.1, 0.15) is 36.8 Å². The van der Waals surface area contributed by atoms with E-state index in [-0.39, 0.29) is 11.7 Å². The fourth-order valence-electron chi connectivity index (χ4n) is 3.91. The Morgan fingerprint density at radius 2 is 1.78 bits per heavy atom. The number of anilines is 2. The highest BCUT2D eigenvalue weighted by Gasteiger charge is 2.24. The maximum Gasteiger partial charge on any atom is 0.387 e. The van der Waals surface area contributed by atoms with Crippen molar-refractivity contribution in [3.05, 3.63) is 47.5 Å². The normalized spacial score (nSPS) is 14.3. The quantitative estimate of drug-likeness (QED) is 0.589. The number of aryl methyl sites for hydroxylation is 1. The van der Waals surface area contributed by atoms with Crippen LogP contribution in [0.25, 0.3) is 10.9 Å². The number of fused-ring (bicyclic) bond motifs is 1. The first-order chi connectivity index (χ1) is 15.4. The number of rotatable bonds is 5. The van der Waals surface area contributed by atoms with Crippen molar-refractivity contribution >= 4 is 22.4 Å². The second-order valence-corrected chi connectivity index (χ2v) is 8.04. The van der Waals surface area contributed by atoms with E-state index in [1.165, 1.54) is 18.3 Å². The number of nitriles is 1. The first-order valence-electron chi connectivity index (χ1n) is 10.5. The zero-order valence-corrected chi connectivity index (χ0v) is 18.2. The molecule has 3 aromatic rings. The maximum atomic E-state index is 12.7. The lowest BCUT2D eigenvalue weighted by Gasteiger charge is -2.37. The minimum Gasteiger partial charge on any atom is -0.435 e. The smallest absolute Gasteiger partial charge is 0.387 e. The molecule has 32 heavy (non-hydrogen) atoms. The monoisotopic (exact) mass is 438 g/mol. The fraction of sp³-hybridized carbons (Fsp3) is 0.391. The molecule has 0 radical (unpaired) electrons. The molecule has 0 atom stereocenters. The summed E-state index contributed by atoms with van der Waals surface area (Å²) in [7, 11) is 0. The van der Waals surface area contributed by atoms with E-state index in [2.05, 4.69) is 44.4 Å². The molecular formula is C23H24F2N6O. The van der Waals surface area contributed by atoms with E-state index in [0.717, 1.165) is 17.3 Å². The molecule has 3 heterocycles. The second-order valence-electron chi connectivity index (χ2n) is 8.04. The fourth-order valence-corrected chi connectivity index (χ4v) is 3.91. The molecule has 1 fully saturated rings. The summed E-state index contributed by atoms with van der Waals surface area (Å²) in [5.74, 6) is 2.00. The number of hydrogen-bond acceptors (Lipinski definition) is 7. The molecule has 9 heteroatoms. The van der Waals surface area contributed by atoms with Crippen LogP contribution in [0.3, 0.4) is 0 Å². The van der Waals surface area contributed by atoms with Crippen molar-refractivity contribution < 1.29 is 13.5 Å². The van der Waals surface area contributed by atoms with E-state index >= 15 is 0 Å². The van der Waals surface area contributed by atoms with Crippen LogP contribution in [0, 0.1) is 18.3 Å². The zero-order valence-electron chi connectivity index (χ0n) is 18.2. The average molecular weight is 438 g/mol. The Kier molecular flexibility index (Phi) is 6.04. The maximum absolute atomic E-state index is 12.7. The molecule has 0 spiro atoms. The summed E-state index contributed by atoms with van der Waals surface area (Å²) < 4.78 is 30.0. The Labute approximate surface area is 185 Å². The van der Waals surface area contributed by atoms with Crippen LogP contribution >= 0.6 is 0 Å². The Morgan fingerprint density at radius 3 is 2.44 bits per heavy atom. The summed E-state index contributed by atoms with van der Waals surface area (Å²) in [4.78, 5) is 17.9. The van der Waals surface area contributed by atoms with Crippen LogP contribution < -0.4 is 14.5 Å². The predicted molar refractivity (Wildman–Crippen MR) is 118 cm³/mol. The van der Waals surface area contributed by atoms with Gasteiger partial charge in [-0.2, -0.15) is 14.0 Å². The standard InChI is InChI=1S/C23H24F2N6O/c1-14(2)22-28-15(3)10-20(29-22)30-6-8-31(9-7-30)21-16(12-26)13-27-19-5-4-17(11-18(19)21)32-23(24)25/h4-5,10-11,13-14,23H,6-9H2,1-3H3. The molecule has 166 valence electrons. The van der Waals surface area contributed by atoms with Gasteiger partial charge in [-0.05, 0) is 25.1 Å². The van der Waals surface area contributed by atoms with Crippen molar-refractivity contribution in [1.82, 2.24) is 15.0 Å². The highest BCUT2D eigenvalue weighted by atomic mass is 19.3. The van der Waals surface area contributed by atoms with Gasteiger partial charge in [0.2, 0.25) is 0 Å². The van der Waals surface area contributed by atoms with E-state index in [1.54, 1.807) is 6.07 Å². The lowest BCUT2D eigenvalue weighted by atomic mass is 10.1. The Hall–Kier alpha value is -3.54. The number of benzene rings is 1. The molecule has 0 amide bonds. The summed E-state index contributed by atoms with van der Waals surface area (Å²) >= 11 is 0. The van der Waals surface area contributed by atoms with Crippen LogP contribution in [-0.4, -0.2) is 47.7 Å². The van der Waals surface area contributed by atoms with Gasteiger partial charge in [0.05, 0.1) is 16.8 Å². The highest BCUT2D eigenvalue weighted by molar-refractivity contribution is 5.95. The number of ether oxygens (including phenoxy) is 1. The zero-order chi connectivity index (χ0) is 22.8. The van der Waals surface area contributed by atoms with Gasteiger partial charge < -0.3 is 14.5 Å². The van der Waals surface area contributed by atoms with Gasteiger partial charge in [-0.25, -0.2) is 9.97 Å². The molecule has 0 unspecified atom stereocenters. The van der Waals surface area contributed by atoms with Gasteiger partial charge in [0.1, 0.15) is 23.5 Å². The van der Waals surface area contributed by atoms with Crippen LogP contribution in [0.5, 0.6) is 5.75 Å². The molecule has 1 aromatic carbocycles. The third kappa shape index (κ3) is 4.40. The Bertz CT molecular complexity index is 1170. The van der Waals surface area contributed by atoms with Crippen LogP contribution in [0.15, 0.2) is 30.5 Å². The number of halogens is 2. The number of nitrogens with zero attached hydrogens (tertiary/aromatic N) is 6. The SMILES string of the molecule is Cc1cc(N2CCN(c3c(C#N)cnc4ccc(OC(F)F)cc34)CC2)nc(C(C)C)n1.